The van der Waals surface area contributed by atoms with Gasteiger partial charge in [-0.2, -0.15) is 0 Å². The molecule has 0 spiro atoms. The van der Waals surface area contributed by atoms with Crippen molar-refractivity contribution in [2.24, 2.45) is 0 Å². The van der Waals surface area contributed by atoms with Crippen LogP contribution in [0, 0.1) is 0 Å². The van der Waals surface area contributed by atoms with Crippen LogP contribution in [0.5, 0.6) is 0 Å². The van der Waals surface area contributed by atoms with Crippen LogP contribution in [0.1, 0.15) is 43.2 Å². The quantitative estimate of drug-likeness (QED) is 0.792. The molecular weight excluding hydrogens is 298 g/mol. The van der Waals surface area contributed by atoms with E-state index >= 15 is 0 Å². The summed E-state index contributed by atoms with van der Waals surface area (Å²) in [7, 11) is 0. The number of likely N-dealkylation sites (tertiary alicyclic amines) is 1. The molecule has 0 radical (unpaired) electrons. The fraction of sp³-hybridized carbons (Fsp3) is 0.381. The second-order valence-corrected chi connectivity index (χ2v) is 6.81. The number of fused-ring (bicyclic) bond motifs is 2. The first kappa shape index (κ1) is 15.3. The molecule has 1 aromatic rings. The minimum atomic E-state index is -0.167. The number of hydrogen-bond donors (Lipinski definition) is 0. The van der Waals surface area contributed by atoms with E-state index in [-0.39, 0.29) is 12.0 Å². The van der Waals surface area contributed by atoms with Crippen LogP contribution in [0.2, 0.25) is 0 Å². The molecule has 3 aliphatic rings. The average molecular weight is 321 g/mol. The Morgan fingerprint density at radius 2 is 2.08 bits per heavy atom. The lowest BCUT2D eigenvalue weighted by Gasteiger charge is -2.22. The number of hydrogen-bond acceptors (Lipinski definition) is 2. The second kappa shape index (κ2) is 6.31. The van der Waals surface area contributed by atoms with Crippen molar-refractivity contribution < 1.29 is 9.53 Å². The zero-order valence-corrected chi connectivity index (χ0v) is 14.1. The Hall–Kier alpha value is -2.29. The highest BCUT2D eigenvalue weighted by Gasteiger charge is 2.32. The lowest BCUT2D eigenvalue weighted by molar-refractivity contribution is 0.0979. The maximum absolute atomic E-state index is 12.4. The molecule has 1 heterocycles. The van der Waals surface area contributed by atoms with Crippen molar-refractivity contribution in [3.8, 4) is 0 Å². The molecular formula is C21H23NO2. The van der Waals surface area contributed by atoms with E-state index in [9.17, 15) is 4.79 Å². The van der Waals surface area contributed by atoms with Crippen LogP contribution in [-0.4, -0.2) is 30.2 Å². The van der Waals surface area contributed by atoms with Crippen LogP contribution in [0.3, 0.4) is 0 Å². The van der Waals surface area contributed by atoms with Gasteiger partial charge in [-0.15, -0.1) is 0 Å². The molecule has 0 saturated carbocycles. The molecule has 0 bridgehead atoms. The summed E-state index contributed by atoms with van der Waals surface area (Å²) < 4.78 is 5.72. The van der Waals surface area contributed by atoms with Gasteiger partial charge in [0.2, 0.25) is 0 Å². The third-order valence-corrected chi connectivity index (χ3v) is 5.33. The molecule has 4 rings (SSSR count). The molecule has 1 amide bonds. The highest BCUT2D eigenvalue weighted by molar-refractivity contribution is 5.86. The van der Waals surface area contributed by atoms with Gasteiger partial charge >= 0.3 is 6.09 Å². The predicted molar refractivity (Wildman–Crippen MR) is 95.8 cm³/mol. The van der Waals surface area contributed by atoms with E-state index in [1.165, 1.54) is 22.3 Å². The zero-order chi connectivity index (χ0) is 16.5. The van der Waals surface area contributed by atoms with Crippen LogP contribution in [0.25, 0.3) is 5.57 Å². The monoisotopic (exact) mass is 321 g/mol. The number of ether oxygens (including phenoxy) is 1. The number of amides is 1. The summed E-state index contributed by atoms with van der Waals surface area (Å²) in [6.07, 6.45) is 11.7. The predicted octanol–water partition coefficient (Wildman–Crippen LogP) is 4.67. The lowest BCUT2D eigenvalue weighted by atomic mass is 9.96. The number of rotatable bonds is 2. The van der Waals surface area contributed by atoms with Crippen molar-refractivity contribution in [3.05, 3.63) is 65.3 Å². The molecule has 1 aliphatic heterocycles. The van der Waals surface area contributed by atoms with E-state index in [0.29, 0.717) is 12.6 Å². The topological polar surface area (TPSA) is 29.5 Å². The van der Waals surface area contributed by atoms with Gasteiger partial charge < -0.3 is 9.64 Å². The van der Waals surface area contributed by atoms with E-state index in [1.54, 1.807) is 0 Å². The summed E-state index contributed by atoms with van der Waals surface area (Å²) in [5.74, 6) is 0.136. The van der Waals surface area contributed by atoms with Gasteiger partial charge in [0.1, 0.15) is 6.61 Å². The average Bonchev–Trinajstić information content (AvgIpc) is 3.05. The van der Waals surface area contributed by atoms with Crippen molar-refractivity contribution in [1.82, 2.24) is 4.90 Å². The Labute approximate surface area is 143 Å². The summed E-state index contributed by atoms with van der Waals surface area (Å²) in [6.45, 7) is 3.33. The molecule has 0 aromatic heterocycles. The fourth-order valence-corrected chi connectivity index (χ4v) is 4.03. The van der Waals surface area contributed by atoms with E-state index in [2.05, 4.69) is 55.5 Å². The maximum Gasteiger partial charge on any atom is 0.410 e. The van der Waals surface area contributed by atoms with E-state index < -0.39 is 0 Å². The largest absolute Gasteiger partial charge is 0.448 e. The van der Waals surface area contributed by atoms with Gasteiger partial charge in [0.15, 0.2) is 0 Å². The summed E-state index contributed by atoms with van der Waals surface area (Å²) >= 11 is 0. The van der Waals surface area contributed by atoms with Gasteiger partial charge in [0.05, 0.1) is 0 Å². The molecule has 3 heteroatoms. The number of carbonyl (C=O) groups is 1. The molecule has 3 nitrogen and oxygen atoms in total. The van der Waals surface area contributed by atoms with Crippen LogP contribution in [0.15, 0.2) is 54.1 Å². The van der Waals surface area contributed by atoms with E-state index in [1.807, 2.05) is 4.90 Å². The minimum absolute atomic E-state index is 0.136. The Morgan fingerprint density at radius 1 is 1.25 bits per heavy atom. The first-order valence-electron chi connectivity index (χ1n) is 8.85. The van der Waals surface area contributed by atoms with Crippen LogP contribution < -0.4 is 0 Å². The second-order valence-electron chi connectivity index (χ2n) is 6.81. The molecule has 24 heavy (non-hydrogen) atoms. The Bertz CT molecular complexity index is 744. The molecule has 124 valence electrons. The van der Waals surface area contributed by atoms with Crippen molar-refractivity contribution in [2.45, 2.75) is 38.1 Å². The Kier molecular flexibility index (Phi) is 4.01. The smallest absolute Gasteiger partial charge is 0.410 e. The summed E-state index contributed by atoms with van der Waals surface area (Å²) in [5.41, 5.74) is 5.08. The highest BCUT2D eigenvalue weighted by atomic mass is 16.6. The SMILES string of the molecule is CC1CCCN1C(=O)OCC1C2=C(C=CCC=C2)c2ccccc21. The number of carbonyl (C=O) groups excluding carboxylic acids is 1. The van der Waals surface area contributed by atoms with Gasteiger partial charge in [-0.25, -0.2) is 4.79 Å². The zero-order valence-electron chi connectivity index (χ0n) is 14.1. The summed E-state index contributed by atoms with van der Waals surface area (Å²) in [4.78, 5) is 14.3. The van der Waals surface area contributed by atoms with Crippen molar-refractivity contribution >= 4 is 11.7 Å². The normalized spacial score (nSPS) is 24.8. The van der Waals surface area contributed by atoms with Gasteiger partial charge in [-0.3, -0.25) is 0 Å². The third-order valence-electron chi connectivity index (χ3n) is 5.33. The standard InChI is InChI=1S/C21H23NO2/c1-15-8-7-13-22(15)21(23)24-14-20-18-10-4-2-3-9-16(18)17-11-5-6-12-19(17)20/h3-6,9-12,15,20H,2,7-8,13-14H2,1H3. The van der Waals surface area contributed by atoms with E-state index in [0.717, 1.165) is 25.8 Å². The van der Waals surface area contributed by atoms with Crippen molar-refractivity contribution in [1.29, 1.82) is 0 Å². The first-order valence-corrected chi connectivity index (χ1v) is 8.85. The van der Waals surface area contributed by atoms with Gasteiger partial charge in [0, 0.05) is 18.5 Å². The van der Waals surface area contributed by atoms with Crippen LogP contribution >= 0.6 is 0 Å². The number of nitrogens with zero attached hydrogens (tertiary/aromatic N) is 1. The molecule has 0 N–H and O–H groups in total. The molecule has 1 fully saturated rings. The van der Waals surface area contributed by atoms with Gasteiger partial charge in [0.25, 0.3) is 0 Å². The lowest BCUT2D eigenvalue weighted by Crippen LogP contribution is -2.34. The summed E-state index contributed by atoms with van der Waals surface area (Å²) in [6, 6.07) is 8.76. The van der Waals surface area contributed by atoms with Crippen molar-refractivity contribution in [3.63, 3.8) is 0 Å². The Morgan fingerprint density at radius 3 is 2.92 bits per heavy atom. The van der Waals surface area contributed by atoms with E-state index in [4.69, 9.17) is 4.74 Å². The molecule has 1 saturated heterocycles. The maximum atomic E-state index is 12.4. The highest BCUT2D eigenvalue weighted by Crippen LogP contribution is 2.44. The van der Waals surface area contributed by atoms with Gasteiger partial charge in [-0.05, 0) is 48.5 Å². The molecule has 2 atom stereocenters. The Balaban J connectivity index is 1.57. The van der Waals surface area contributed by atoms with Crippen LogP contribution in [-0.2, 0) is 4.74 Å². The first-order chi connectivity index (χ1) is 11.8. The summed E-state index contributed by atoms with van der Waals surface area (Å²) in [5, 5.41) is 0. The van der Waals surface area contributed by atoms with Crippen molar-refractivity contribution in [2.75, 3.05) is 13.2 Å². The third kappa shape index (κ3) is 2.58. The van der Waals surface area contributed by atoms with Gasteiger partial charge in [-0.1, -0.05) is 48.6 Å². The van der Waals surface area contributed by atoms with Crippen LogP contribution in [0.4, 0.5) is 4.79 Å². The number of benzene rings is 1. The number of allylic oxidation sites excluding steroid dienone is 5. The fourth-order valence-electron chi connectivity index (χ4n) is 4.03. The molecule has 2 aliphatic carbocycles. The molecule has 1 aromatic carbocycles. The minimum Gasteiger partial charge on any atom is -0.448 e. The molecule has 2 unspecified atom stereocenters.